The standard InChI is InChI=1S/C13H15NO4S3/c1-10(13-4-3-9-19-13)14-21(17,18)12-7-5-11(6-8-12)20(2,15)16/h3-10,14H,1-2H3/t10-/m0/s1. The predicted octanol–water partition coefficient (Wildman–Crippen LogP) is 2.19. The molecule has 114 valence electrons. The summed E-state index contributed by atoms with van der Waals surface area (Å²) in [4.78, 5) is 1.04. The molecule has 21 heavy (non-hydrogen) atoms. The highest BCUT2D eigenvalue weighted by molar-refractivity contribution is 7.90. The second-order valence-electron chi connectivity index (χ2n) is 4.60. The maximum atomic E-state index is 12.2. The Kier molecular flexibility index (Phi) is 4.52. The molecule has 0 bridgehead atoms. The van der Waals surface area contributed by atoms with Gasteiger partial charge in [-0.3, -0.25) is 0 Å². The van der Waals surface area contributed by atoms with E-state index in [1.807, 2.05) is 17.5 Å². The summed E-state index contributed by atoms with van der Waals surface area (Å²) in [5.74, 6) is 0. The fourth-order valence-corrected chi connectivity index (χ4v) is 4.42. The third-order valence-corrected chi connectivity index (χ3v) is 6.60. The van der Waals surface area contributed by atoms with Crippen LogP contribution in [-0.2, 0) is 19.9 Å². The van der Waals surface area contributed by atoms with Gasteiger partial charge >= 0.3 is 0 Å². The minimum absolute atomic E-state index is 0.0401. The highest BCUT2D eigenvalue weighted by atomic mass is 32.2. The van der Waals surface area contributed by atoms with Gasteiger partial charge in [-0.15, -0.1) is 11.3 Å². The molecule has 2 aromatic rings. The van der Waals surface area contributed by atoms with E-state index < -0.39 is 19.9 Å². The molecule has 0 saturated carbocycles. The van der Waals surface area contributed by atoms with Crippen LogP contribution in [0.3, 0.4) is 0 Å². The molecule has 0 saturated heterocycles. The van der Waals surface area contributed by atoms with Crippen molar-refractivity contribution in [1.82, 2.24) is 4.72 Å². The molecule has 0 aliphatic heterocycles. The second-order valence-corrected chi connectivity index (χ2v) is 9.31. The molecule has 0 fully saturated rings. The van der Waals surface area contributed by atoms with Crippen molar-refractivity contribution in [3.05, 3.63) is 46.7 Å². The van der Waals surface area contributed by atoms with Crippen LogP contribution >= 0.6 is 11.3 Å². The largest absolute Gasteiger partial charge is 0.241 e. The van der Waals surface area contributed by atoms with Gasteiger partial charge in [0.2, 0.25) is 10.0 Å². The van der Waals surface area contributed by atoms with E-state index in [0.717, 1.165) is 11.1 Å². The van der Waals surface area contributed by atoms with Gasteiger partial charge in [-0.1, -0.05) is 6.07 Å². The molecule has 8 heteroatoms. The number of hydrogen-bond acceptors (Lipinski definition) is 5. The van der Waals surface area contributed by atoms with Crippen molar-refractivity contribution in [3.63, 3.8) is 0 Å². The van der Waals surface area contributed by atoms with E-state index in [1.54, 1.807) is 6.92 Å². The Morgan fingerprint density at radius 2 is 1.57 bits per heavy atom. The van der Waals surface area contributed by atoms with Crippen molar-refractivity contribution in [2.24, 2.45) is 0 Å². The van der Waals surface area contributed by atoms with Crippen molar-refractivity contribution in [2.75, 3.05) is 6.26 Å². The first-order valence-electron chi connectivity index (χ1n) is 6.06. The van der Waals surface area contributed by atoms with Crippen molar-refractivity contribution < 1.29 is 16.8 Å². The van der Waals surface area contributed by atoms with Crippen LogP contribution in [0.5, 0.6) is 0 Å². The van der Waals surface area contributed by atoms with Gasteiger partial charge < -0.3 is 0 Å². The lowest BCUT2D eigenvalue weighted by atomic mass is 10.3. The molecular weight excluding hydrogens is 330 g/mol. The summed E-state index contributed by atoms with van der Waals surface area (Å²) in [5, 5.41) is 1.88. The molecule has 0 spiro atoms. The Labute approximate surface area is 128 Å². The van der Waals surface area contributed by atoms with Crippen LogP contribution in [0.25, 0.3) is 0 Å². The van der Waals surface area contributed by atoms with Gasteiger partial charge in [-0.05, 0) is 42.6 Å². The lowest BCUT2D eigenvalue weighted by Gasteiger charge is -2.13. The quantitative estimate of drug-likeness (QED) is 0.901. The topological polar surface area (TPSA) is 80.3 Å². The number of thiophene rings is 1. The Morgan fingerprint density at radius 3 is 2.05 bits per heavy atom. The Bertz CT molecular complexity index is 807. The van der Waals surface area contributed by atoms with Gasteiger partial charge in [0, 0.05) is 11.1 Å². The first-order chi connectivity index (χ1) is 9.70. The molecule has 0 unspecified atom stereocenters. The van der Waals surface area contributed by atoms with Gasteiger partial charge in [0.15, 0.2) is 9.84 Å². The van der Waals surface area contributed by atoms with Crippen molar-refractivity contribution in [3.8, 4) is 0 Å². The number of rotatable bonds is 5. The zero-order valence-electron chi connectivity index (χ0n) is 11.5. The van der Waals surface area contributed by atoms with E-state index in [-0.39, 0.29) is 15.8 Å². The molecule has 5 nitrogen and oxygen atoms in total. The number of hydrogen-bond donors (Lipinski definition) is 1. The summed E-state index contributed by atoms with van der Waals surface area (Å²) in [7, 11) is -7.02. The first kappa shape index (κ1) is 16.2. The highest BCUT2D eigenvalue weighted by Gasteiger charge is 2.19. The smallest absolute Gasteiger partial charge is 0.224 e. The zero-order chi connectivity index (χ0) is 15.7. The minimum Gasteiger partial charge on any atom is -0.224 e. The summed E-state index contributed by atoms with van der Waals surface area (Å²) in [6, 6.07) is 8.53. The van der Waals surface area contributed by atoms with Crippen molar-refractivity contribution in [1.29, 1.82) is 0 Å². The Morgan fingerprint density at radius 1 is 1.00 bits per heavy atom. The Balaban J connectivity index is 2.24. The molecule has 0 amide bonds. The summed E-state index contributed by atoms with van der Waals surface area (Å²) in [6.45, 7) is 1.76. The summed E-state index contributed by atoms with van der Waals surface area (Å²) in [5.41, 5.74) is 0. The van der Waals surface area contributed by atoms with Gasteiger partial charge in [-0.25, -0.2) is 21.6 Å². The van der Waals surface area contributed by atoms with Crippen LogP contribution in [0, 0.1) is 0 Å². The molecular formula is C13H15NO4S3. The average Bonchev–Trinajstić information content (AvgIpc) is 2.91. The van der Waals surface area contributed by atoms with Gasteiger partial charge in [0.05, 0.1) is 15.8 Å². The average molecular weight is 345 g/mol. The molecule has 1 heterocycles. The van der Waals surface area contributed by atoms with E-state index >= 15 is 0 Å². The summed E-state index contributed by atoms with van der Waals surface area (Å²) < 4.78 is 49.8. The predicted molar refractivity (Wildman–Crippen MR) is 82.6 cm³/mol. The third-order valence-electron chi connectivity index (χ3n) is 2.86. The van der Waals surface area contributed by atoms with Crippen molar-refractivity contribution in [2.45, 2.75) is 22.8 Å². The molecule has 1 N–H and O–H groups in total. The van der Waals surface area contributed by atoms with E-state index in [1.165, 1.54) is 35.6 Å². The van der Waals surface area contributed by atoms with Crippen LogP contribution in [0.4, 0.5) is 0 Å². The van der Waals surface area contributed by atoms with Crippen LogP contribution in [0.15, 0.2) is 51.6 Å². The zero-order valence-corrected chi connectivity index (χ0v) is 13.9. The second kappa shape index (κ2) is 5.88. The fraction of sp³-hybridized carbons (Fsp3) is 0.231. The molecule has 1 aromatic heterocycles. The third kappa shape index (κ3) is 3.91. The fourth-order valence-electron chi connectivity index (χ4n) is 1.76. The van der Waals surface area contributed by atoms with Crippen LogP contribution in [-0.4, -0.2) is 23.1 Å². The van der Waals surface area contributed by atoms with E-state index in [4.69, 9.17) is 0 Å². The molecule has 1 atom stereocenters. The van der Waals surface area contributed by atoms with Gasteiger partial charge in [0.25, 0.3) is 0 Å². The van der Waals surface area contributed by atoms with E-state index in [0.29, 0.717) is 0 Å². The van der Waals surface area contributed by atoms with Crippen LogP contribution in [0.1, 0.15) is 17.8 Å². The minimum atomic E-state index is -3.69. The SMILES string of the molecule is C[C@H](NS(=O)(=O)c1ccc(S(C)(=O)=O)cc1)c1cccs1. The van der Waals surface area contributed by atoms with E-state index in [9.17, 15) is 16.8 Å². The molecule has 0 aliphatic rings. The van der Waals surface area contributed by atoms with Gasteiger partial charge in [-0.2, -0.15) is 0 Å². The summed E-state index contributed by atoms with van der Waals surface area (Å²) >= 11 is 1.47. The molecule has 0 aliphatic carbocycles. The first-order valence-corrected chi connectivity index (χ1v) is 10.3. The molecule has 2 rings (SSSR count). The van der Waals surface area contributed by atoms with Gasteiger partial charge in [0.1, 0.15) is 0 Å². The Hall–Kier alpha value is -1.22. The number of sulfonamides is 1. The van der Waals surface area contributed by atoms with Crippen molar-refractivity contribution >= 4 is 31.2 Å². The molecule has 0 radical (unpaired) electrons. The highest BCUT2D eigenvalue weighted by Crippen LogP contribution is 2.21. The monoisotopic (exact) mass is 345 g/mol. The van der Waals surface area contributed by atoms with E-state index in [2.05, 4.69) is 4.72 Å². The maximum absolute atomic E-state index is 12.2. The number of nitrogens with one attached hydrogen (secondary N) is 1. The summed E-state index contributed by atoms with van der Waals surface area (Å²) in [6.07, 6.45) is 1.08. The van der Waals surface area contributed by atoms with Crippen LogP contribution in [0.2, 0.25) is 0 Å². The lowest BCUT2D eigenvalue weighted by Crippen LogP contribution is -2.26. The lowest BCUT2D eigenvalue weighted by molar-refractivity contribution is 0.568. The van der Waals surface area contributed by atoms with Crippen LogP contribution < -0.4 is 4.72 Å². The molecule has 1 aromatic carbocycles. The number of sulfone groups is 1. The maximum Gasteiger partial charge on any atom is 0.241 e. The number of benzene rings is 1. The normalized spacial score (nSPS) is 14.0.